The normalized spacial score (nSPS) is 13.2. The Hall–Kier alpha value is -1.97. The lowest BCUT2D eigenvalue weighted by Gasteiger charge is -2.25. The monoisotopic (exact) mass is 657 g/mol. The fourth-order valence-electron chi connectivity index (χ4n) is 4.83. The molecule has 0 bridgehead atoms. The number of likely N-dealkylation sites (N-methyl/N-ethyl adjacent to an activating group) is 1. The average molecular weight is 657 g/mol. The molecular weight excluding hydrogens is 586 g/mol. The first-order valence-electron chi connectivity index (χ1n) is 18.4. The van der Waals surface area contributed by atoms with Crippen LogP contribution >= 0.6 is 0 Å². The number of carbonyl (C=O) groups is 3. The van der Waals surface area contributed by atoms with E-state index in [-0.39, 0.29) is 32.2 Å². The van der Waals surface area contributed by atoms with E-state index >= 15 is 0 Å². The van der Waals surface area contributed by atoms with E-state index in [1.165, 1.54) is 64.2 Å². The third-order valence-electron chi connectivity index (χ3n) is 7.77. The molecule has 0 heterocycles. The molecule has 0 aromatic heterocycles. The van der Waals surface area contributed by atoms with E-state index in [4.69, 9.17) is 18.9 Å². The molecule has 46 heavy (non-hydrogen) atoms. The maximum atomic E-state index is 12.6. The number of allylic oxidation sites excluding steroid dienone is 2. The van der Waals surface area contributed by atoms with Crippen LogP contribution in [0.3, 0.4) is 0 Å². The molecule has 0 radical (unpaired) electrons. The first-order valence-corrected chi connectivity index (χ1v) is 18.4. The largest absolute Gasteiger partial charge is 0.477 e. The number of aliphatic carboxylic acids is 1. The van der Waals surface area contributed by atoms with Crippen molar-refractivity contribution < 1.29 is 42.9 Å². The lowest BCUT2D eigenvalue weighted by molar-refractivity contribution is -0.870. The lowest BCUT2D eigenvalue weighted by Crippen LogP contribution is -2.40. The molecule has 0 saturated heterocycles. The number of nitrogens with zero attached hydrogens (tertiary/aromatic N) is 1. The number of hydrogen-bond acceptors (Lipinski definition) is 7. The van der Waals surface area contributed by atoms with Gasteiger partial charge in [0.05, 0.1) is 34.4 Å². The number of esters is 2. The van der Waals surface area contributed by atoms with Gasteiger partial charge in [-0.25, -0.2) is 4.79 Å². The van der Waals surface area contributed by atoms with Crippen LogP contribution in [0.1, 0.15) is 149 Å². The zero-order valence-electron chi connectivity index (χ0n) is 30.2. The van der Waals surface area contributed by atoms with Gasteiger partial charge in [-0.2, -0.15) is 0 Å². The number of quaternary nitrogens is 1. The molecule has 0 aliphatic rings. The van der Waals surface area contributed by atoms with E-state index < -0.39 is 24.3 Å². The number of carbonyl (C=O) groups excluding carboxylic acids is 2. The van der Waals surface area contributed by atoms with Gasteiger partial charge in [0.25, 0.3) is 6.29 Å². The van der Waals surface area contributed by atoms with E-state index in [9.17, 15) is 19.5 Å². The Morgan fingerprint density at radius 1 is 0.630 bits per heavy atom. The van der Waals surface area contributed by atoms with Gasteiger partial charge in [-0.15, -0.1) is 0 Å². The summed E-state index contributed by atoms with van der Waals surface area (Å²) in [6, 6.07) is 0. The Morgan fingerprint density at radius 3 is 1.65 bits per heavy atom. The van der Waals surface area contributed by atoms with Crippen molar-refractivity contribution in [2.24, 2.45) is 0 Å². The first kappa shape index (κ1) is 44.0. The van der Waals surface area contributed by atoms with Crippen molar-refractivity contribution in [1.82, 2.24) is 0 Å². The van der Waals surface area contributed by atoms with Crippen LogP contribution in [0.5, 0.6) is 0 Å². The van der Waals surface area contributed by atoms with E-state index in [0.717, 1.165) is 51.4 Å². The van der Waals surface area contributed by atoms with Crippen LogP contribution in [0, 0.1) is 0 Å². The molecule has 2 unspecified atom stereocenters. The van der Waals surface area contributed by atoms with E-state index in [1.807, 2.05) is 21.1 Å². The van der Waals surface area contributed by atoms with Crippen molar-refractivity contribution in [3.8, 4) is 0 Å². The maximum Gasteiger partial charge on any atom is 0.361 e. The minimum Gasteiger partial charge on any atom is -0.477 e. The molecule has 9 heteroatoms. The molecule has 0 aromatic rings. The molecule has 9 nitrogen and oxygen atoms in total. The Kier molecular flexibility index (Phi) is 29.1. The molecule has 0 fully saturated rings. The molecule has 1 N–H and O–H groups in total. The molecule has 0 aliphatic heterocycles. The third kappa shape index (κ3) is 30.7. The zero-order valence-corrected chi connectivity index (χ0v) is 30.2. The van der Waals surface area contributed by atoms with Crippen LogP contribution in [0.15, 0.2) is 12.2 Å². The number of hydrogen-bond donors (Lipinski definition) is 1. The Bertz CT molecular complexity index is 780. The fourth-order valence-corrected chi connectivity index (χ4v) is 4.83. The summed E-state index contributed by atoms with van der Waals surface area (Å²) in [4.78, 5) is 36.7. The molecule has 0 saturated carbocycles. The van der Waals surface area contributed by atoms with Gasteiger partial charge in [0.1, 0.15) is 13.2 Å². The second-order valence-corrected chi connectivity index (χ2v) is 13.5. The highest BCUT2D eigenvalue weighted by Gasteiger charge is 2.25. The van der Waals surface area contributed by atoms with Crippen molar-refractivity contribution >= 4 is 17.9 Å². The summed E-state index contributed by atoms with van der Waals surface area (Å²) in [6.07, 6.45) is 24.2. The SMILES string of the molecule is CCCCC/C=C\CCCCCCCC(=O)OC(COC(=O)CCCCCCCCCCC)COC(OCC[N+](C)(C)C)C(=O)O. The molecule has 0 rings (SSSR count). The summed E-state index contributed by atoms with van der Waals surface area (Å²) in [7, 11) is 5.94. The van der Waals surface area contributed by atoms with Crippen molar-refractivity contribution in [3.63, 3.8) is 0 Å². The summed E-state index contributed by atoms with van der Waals surface area (Å²) in [5, 5.41) is 9.55. The minimum absolute atomic E-state index is 0.181. The minimum atomic E-state index is -1.50. The second-order valence-electron chi connectivity index (χ2n) is 13.5. The highest BCUT2D eigenvalue weighted by molar-refractivity contribution is 5.71. The van der Waals surface area contributed by atoms with Crippen molar-refractivity contribution in [2.45, 2.75) is 161 Å². The van der Waals surface area contributed by atoms with Crippen LogP contribution in [-0.2, 0) is 33.3 Å². The van der Waals surface area contributed by atoms with E-state index in [1.54, 1.807) is 0 Å². The topological polar surface area (TPSA) is 108 Å². The summed E-state index contributed by atoms with van der Waals surface area (Å²) >= 11 is 0. The van der Waals surface area contributed by atoms with Crippen molar-refractivity contribution in [3.05, 3.63) is 12.2 Å². The first-order chi connectivity index (χ1) is 22.1. The van der Waals surface area contributed by atoms with Crippen molar-refractivity contribution in [2.75, 3.05) is 47.5 Å². The smallest absolute Gasteiger partial charge is 0.361 e. The van der Waals surface area contributed by atoms with Gasteiger partial charge in [0.15, 0.2) is 6.10 Å². The standard InChI is InChI=1S/C37H69NO8/c1-6-8-10-12-14-16-17-18-20-22-24-26-28-35(40)46-33(32-45-37(36(41)42)43-30-29-38(3,4)5)31-44-34(39)27-25-23-21-19-15-13-11-9-7-2/h14,16,33,37H,6-13,15,17-32H2,1-5H3/p+1/b16-14-. The quantitative estimate of drug-likeness (QED) is 0.0247. The number of unbranched alkanes of at least 4 members (excludes halogenated alkanes) is 16. The predicted molar refractivity (Wildman–Crippen MR) is 185 cm³/mol. The Morgan fingerprint density at radius 2 is 1.11 bits per heavy atom. The van der Waals surface area contributed by atoms with E-state index in [2.05, 4.69) is 26.0 Å². The average Bonchev–Trinajstić information content (AvgIpc) is 3.00. The van der Waals surface area contributed by atoms with Crippen LogP contribution in [0.2, 0.25) is 0 Å². The van der Waals surface area contributed by atoms with Crippen LogP contribution in [-0.4, -0.2) is 87.4 Å². The molecule has 0 aliphatic carbocycles. The maximum absolute atomic E-state index is 12.6. The predicted octanol–water partition coefficient (Wildman–Crippen LogP) is 8.38. The zero-order chi connectivity index (χ0) is 34.3. The number of carboxylic acids is 1. The summed E-state index contributed by atoms with van der Waals surface area (Å²) in [5.74, 6) is -2.02. The van der Waals surface area contributed by atoms with Crippen LogP contribution in [0.25, 0.3) is 0 Å². The van der Waals surface area contributed by atoms with Gasteiger partial charge in [0, 0.05) is 12.8 Å². The molecular formula is C37H70NO8+. The highest BCUT2D eigenvalue weighted by atomic mass is 16.7. The molecule has 0 amide bonds. The Labute approximate surface area is 281 Å². The molecule has 270 valence electrons. The second kappa shape index (κ2) is 30.4. The van der Waals surface area contributed by atoms with Gasteiger partial charge < -0.3 is 28.5 Å². The Balaban J connectivity index is 4.58. The van der Waals surface area contributed by atoms with E-state index in [0.29, 0.717) is 23.9 Å². The van der Waals surface area contributed by atoms with Gasteiger partial charge in [-0.3, -0.25) is 9.59 Å². The van der Waals surface area contributed by atoms with Gasteiger partial charge in [-0.1, -0.05) is 109 Å². The molecule has 0 aromatic carbocycles. The summed E-state index contributed by atoms with van der Waals surface area (Å²) < 4.78 is 22.5. The fraction of sp³-hybridized carbons (Fsp3) is 0.865. The third-order valence-corrected chi connectivity index (χ3v) is 7.77. The van der Waals surface area contributed by atoms with Gasteiger partial charge in [-0.05, 0) is 38.5 Å². The number of ether oxygens (including phenoxy) is 4. The lowest BCUT2D eigenvalue weighted by atomic mass is 10.1. The molecule has 0 spiro atoms. The van der Waals surface area contributed by atoms with Crippen molar-refractivity contribution in [1.29, 1.82) is 0 Å². The van der Waals surface area contributed by atoms with Gasteiger partial charge in [0.2, 0.25) is 0 Å². The summed E-state index contributed by atoms with van der Waals surface area (Å²) in [6.45, 7) is 4.79. The van der Waals surface area contributed by atoms with Crippen LogP contribution in [0.4, 0.5) is 0 Å². The number of rotatable bonds is 33. The van der Waals surface area contributed by atoms with Gasteiger partial charge >= 0.3 is 17.9 Å². The molecule has 2 atom stereocenters. The number of carboxylic acid groups (broad SMARTS) is 1. The highest BCUT2D eigenvalue weighted by Crippen LogP contribution is 2.13. The van der Waals surface area contributed by atoms with Crippen LogP contribution < -0.4 is 0 Å². The summed E-state index contributed by atoms with van der Waals surface area (Å²) in [5.41, 5.74) is 0.